The van der Waals surface area contributed by atoms with Crippen LogP contribution in [-0.4, -0.2) is 173 Å². The fourth-order valence-electron chi connectivity index (χ4n) is 4.42. The highest BCUT2D eigenvalue weighted by molar-refractivity contribution is 5.11. The molecule has 0 aliphatic carbocycles. The molecule has 0 aromatic rings. The number of aliphatic hydroxyl groups is 12. The van der Waals surface area contributed by atoms with Crippen molar-refractivity contribution in [1.82, 2.24) is 0 Å². The molecule has 15 atom stereocenters. The quantitative estimate of drug-likeness (QED) is 0.160. The Morgan fingerprint density at radius 1 is 0.588 bits per heavy atom. The third-order valence-electron chi connectivity index (χ3n) is 6.50. The SMILES string of the molecule is OC[C@H]1O[C@H]([C@]2(O)[C@H](O[C@H]3[C@H](O)[C@@H](O)C(O)O[C@@H]3CO)O[C@H](CO)[C@H](O)[C@@H]2O)[C@H](O)[C@@H](O)[C@@H]1O. The van der Waals surface area contributed by atoms with Crippen LogP contribution in [0.25, 0.3) is 0 Å². The smallest absolute Gasteiger partial charge is 0.192 e. The highest BCUT2D eigenvalue weighted by atomic mass is 16.7. The van der Waals surface area contributed by atoms with E-state index in [0.29, 0.717) is 0 Å². The van der Waals surface area contributed by atoms with Crippen molar-refractivity contribution >= 4 is 0 Å². The Hall–Kier alpha value is -0.640. The van der Waals surface area contributed by atoms with Crippen molar-refractivity contribution in [2.45, 2.75) is 91.4 Å². The molecule has 1 unspecified atom stereocenters. The number of rotatable bonds is 6. The molecule has 0 amide bonds. The summed E-state index contributed by atoms with van der Waals surface area (Å²) in [5.41, 5.74) is -3.00. The van der Waals surface area contributed by atoms with E-state index in [9.17, 15) is 61.3 Å². The molecular weight excluding hydrogens is 472 g/mol. The van der Waals surface area contributed by atoms with Crippen molar-refractivity contribution in [2.24, 2.45) is 0 Å². The van der Waals surface area contributed by atoms with Gasteiger partial charge in [-0.2, -0.15) is 0 Å². The minimum absolute atomic E-state index is 0.870. The van der Waals surface area contributed by atoms with E-state index >= 15 is 0 Å². The second kappa shape index (κ2) is 10.8. The number of aliphatic hydroxyl groups excluding tert-OH is 11. The zero-order valence-corrected chi connectivity index (χ0v) is 17.7. The first-order chi connectivity index (χ1) is 15.9. The van der Waals surface area contributed by atoms with Crippen LogP contribution in [0.15, 0.2) is 0 Å². The summed E-state index contributed by atoms with van der Waals surface area (Å²) >= 11 is 0. The maximum Gasteiger partial charge on any atom is 0.192 e. The summed E-state index contributed by atoms with van der Waals surface area (Å²) in [5, 5.41) is 122. The monoisotopic (exact) mass is 504 g/mol. The van der Waals surface area contributed by atoms with Crippen molar-refractivity contribution in [3.8, 4) is 0 Å². The van der Waals surface area contributed by atoms with E-state index in [1.165, 1.54) is 0 Å². The number of ether oxygens (including phenoxy) is 4. The predicted octanol–water partition coefficient (Wildman–Crippen LogP) is -8.18. The predicted molar refractivity (Wildman–Crippen MR) is 101 cm³/mol. The van der Waals surface area contributed by atoms with Crippen LogP contribution in [0, 0.1) is 0 Å². The first-order valence-electron chi connectivity index (χ1n) is 10.5. The van der Waals surface area contributed by atoms with Crippen LogP contribution in [0.5, 0.6) is 0 Å². The lowest BCUT2D eigenvalue weighted by Gasteiger charge is -2.55. The van der Waals surface area contributed by atoms with Crippen molar-refractivity contribution in [2.75, 3.05) is 19.8 Å². The van der Waals surface area contributed by atoms with E-state index in [2.05, 4.69) is 0 Å². The van der Waals surface area contributed by atoms with Gasteiger partial charge in [-0.25, -0.2) is 0 Å². The minimum atomic E-state index is -3.00. The summed E-state index contributed by atoms with van der Waals surface area (Å²) < 4.78 is 21.1. The highest BCUT2D eigenvalue weighted by Gasteiger charge is 2.65. The van der Waals surface area contributed by atoms with Gasteiger partial charge in [0.1, 0.15) is 73.2 Å². The third kappa shape index (κ3) is 4.59. The van der Waals surface area contributed by atoms with E-state index in [-0.39, 0.29) is 0 Å². The fraction of sp³-hybridized carbons (Fsp3) is 1.00. The Labute approximate surface area is 192 Å². The first kappa shape index (κ1) is 27.9. The van der Waals surface area contributed by atoms with Crippen molar-refractivity contribution < 1.29 is 80.2 Å². The fourth-order valence-corrected chi connectivity index (χ4v) is 4.42. The van der Waals surface area contributed by atoms with Crippen molar-refractivity contribution in [1.29, 1.82) is 0 Å². The van der Waals surface area contributed by atoms with Crippen LogP contribution >= 0.6 is 0 Å². The van der Waals surface area contributed by atoms with Crippen molar-refractivity contribution in [3.63, 3.8) is 0 Å². The van der Waals surface area contributed by atoms with Gasteiger partial charge in [-0.1, -0.05) is 0 Å². The molecule has 3 aliphatic heterocycles. The Morgan fingerprint density at radius 3 is 1.71 bits per heavy atom. The average Bonchev–Trinajstić information content (AvgIpc) is 2.82. The van der Waals surface area contributed by atoms with Crippen LogP contribution in [0.4, 0.5) is 0 Å². The Balaban J connectivity index is 2.00. The zero-order chi connectivity index (χ0) is 25.5. The van der Waals surface area contributed by atoms with Crippen LogP contribution in [-0.2, 0) is 18.9 Å². The molecule has 0 aromatic carbocycles. The summed E-state index contributed by atoms with van der Waals surface area (Å²) in [6, 6.07) is 0. The average molecular weight is 504 g/mol. The van der Waals surface area contributed by atoms with E-state index in [1.54, 1.807) is 0 Å². The molecule has 200 valence electrons. The molecule has 12 N–H and O–H groups in total. The second-order valence-electron chi connectivity index (χ2n) is 8.59. The third-order valence-corrected chi connectivity index (χ3v) is 6.50. The van der Waals surface area contributed by atoms with Crippen molar-refractivity contribution in [3.05, 3.63) is 0 Å². The summed E-state index contributed by atoms with van der Waals surface area (Å²) in [6.07, 6.45) is -26.8. The molecule has 0 radical (unpaired) electrons. The standard InChI is InChI=1S/C18H32O16/c19-1-4-7(22)9(24)11(26)15(31-4)18(30)14(28)8(23)5(2-20)33-17(18)34-13-6(3-21)32-16(29)12(27)10(13)25/h4-17,19-30H,1-3H2/t4-,5-,6-,7-,8+,9+,10-,11-,12-,13-,14+,15+,16?,17+,18+/m1/s1. The molecule has 16 nitrogen and oxygen atoms in total. The largest absolute Gasteiger partial charge is 0.394 e. The molecule has 0 saturated carbocycles. The molecule has 3 saturated heterocycles. The maximum atomic E-state index is 11.5. The normalized spacial score (nSPS) is 54.7. The summed E-state index contributed by atoms with van der Waals surface area (Å²) in [5.74, 6) is 0. The lowest BCUT2D eigenvalue weighted by Crippen LogP contribution is -2.78. The molecule has 3 fully saturated rings. The van der Waals surface area contributed by atoms with E-state index < -0.39 is 111 Å². The van der Waals surface area contributed by atoms with Gasteiger partial charge in [0.25, 0.3) is 0 Å². The van der Waals surface area contributed by atoms with E-state index in [0.717, 1.165) is 0 Å². The molecule has 3 aliphatic rings. The zero-order valence-electron chi connectivity index (χ0n) is 17.7. The van der Waals surface area contributed by atoms with Crippen LogP contribution in [0.1, 0.15) is 0 Å². The van der Waals surface area contributed by atoms with Gasteiger partial charge >= 0.3 is 0 Å². The molecule has 16 heteroatoms. The summed E-state index contributed by atoms with van der Waals surface area (Å²) in [6.45, 7) is -2.67. The minimum Gasteiger partial charge on any atom is -0.394 e. The molecule has 0 aromatic heterocycles. The van der Waals surface area contributed by atoms with Gasteiger partial charge in [0.15, 0.2) is 18.2 Å². The molecule has 0 bridgehead atoms. The summed E-state index contributed by atoms with van der Waals surface area (Å²) in [4.78, 5) is 0. The van der Waals surface area contributed by atoms with Gasteiger partial charge < -0.3 is 80.2 Å². The Bertz CT molecular complexity index is 666. The van der Waals surface area contributed by atoms with E-state index in [1.807, 2.05) is 0 Å². The number of hydrogen-bond acceptors (Lipinski definition) is 16. The highest BCUT2D eigenvalue weighted by Crippen LogP contribution is 2.41. The van der Waals surface area contributed by atoms with Crippen LogP contribution < -0.4 is 0 Å². The number of hydrogen-bond donors (Lipinski definition) is 12. The maximum absolute atomic E-state index is 11.5. The van der Waals surface area contributed by atoms with Gasteiger partial charge in [0.05, 0.1) is 19.8 Å². The van der Waals surface area contributed by atoms with Gasteiger partial charge in [-0.3, -0.25) is 0 Å². The topological polar surface area (TPSA) is 280 Å². The van der Waals surface area contributed by atoms with E-state index in [4.69, 9.17) is 18.9 Å². The lowest BCUT2D eigenvalue weighted by atomic mass is 9.76. The molecular formula is C18H32O16. The molecule has 3 rings (SSSR count). The molecule has 34 heavy (non-hydrogen) atoms. The Kier molecular flexibility index (Phi) is 8.85. The first-order valence-corrected chi connectivity index (χ1v) is 10.5. The van der Waals surface area contributed by atoms with Gasteiger partial charge in [0, 0.05) is 0 Å². The Morgan fingerprint density at radius 2 is 1.15 bits per heavy atom. The van der Waals surface area contributed by atoms with Gasteiger partial charge in [-0.15, -0.1) is 0 Å². The van der Waals surface area contributed by atoms with Gasteiger partial charge in [-0.05, 0) is 0 Å². The summed E-state index contributed by atoms with van der Waals surface area (Å²) in [7, 11) is 0. The van der Waals surface area contributed by atoms with Gasteiger partial charge in [0.2, 0.25) is 0 Å². The lowest BCUT2D eigenvalue weighted by molar-refractivity contribution is -0.407. The second-order valence-corrected chi connectivity index (χ2v) is 8.59. The van der Waals surface area contributed by atoms with Crippen LogP contribution in [0.3, 0.4) is 0 Å². The molecule has 0 spiro atoms. The molecule has 3 heterocycles. The van der Waals surface area contributed by atoms with Crippen LogP contribution in [0.2, 0.25) is 0 Å².